The molecule has 238 valence electrons. The Morgan fingerprint density at radius 3 is 2.33 bits per heavy atom. The van der Waals surface area contributed by atoms with Gasteiger partial charge >= 0.3 is 6.09 Å². The molecule has 46 heavy (non-hydrogen) atoms. The molecule has 1 atom stereocenters. The van der Waals surface area contributed by atoms with E-state index in [4.69, 9.17) is 14.2 Å². The molecular weight excluding hydrogens is 582 g/mol. The Balaban J connectivity index is 0.918. The predicted molar refractivity (Wildman–Crippen MR) is 174 cm³/mol. The molecule has 2 aromatic carbocycles. The van der Waals surface area contributed by atoms with E-state index in [1.807, 2.05) is 60.7 Å². The molecule has 2 amide bonds. The van der Waals surface area contributed by atoms with Crippen molar-refractivity contribution in [3.8, 4) is 23.3 Å². The number of likely N-dealkylation sites (tertiary alicyclic amines) is 2. The van der Waals surface area contributed by atoms with Crippen LogP contribution in [-0.4, -0.2) is 64.1 Å². The van der Waals surface area contributed by atoms with Crippen molar-refractivity contribution in [1.29, 1.82) is 0 Å². The third kappa shape index (κ3) is 8.60. The monoisotopic (exact) mass is 621 g/mol. The molecule has 0 aliphatic carbocycles. The number of aromatic nitrogens is 2. The fourth-order valence-corrected chi connectivity index (χ4v) is 5.79. The molecule has 1 N–H and O–H groups in total. The lowest BCUT2D eigenvalue weighted by Crippen LogP contribution is -2.43. The summed E-state index contributed by atoms with van der Waals surface area (Å²) in [6, 6.07) is 23.9. The molecule has 0 radical (unpaired) electrons. The van der Waals surface area contributed by atoms with Crippen LogP contribution in [0.5, 0.6) is 23.3 Å². The maximum Gasteiger partial charge on any atom is 0.416 e. The molecule has 2 aliphatic heterocycles. The molecule has 2 aromatic heterocycles. The van der Waals surface area contributed by atoms with Crippen molar-refractivity contribution in [1.82, 2.24) is 19.8 Å². The Hall–Kier alpha value is -4.96. The van der Waals surface area contributed by atoms with Crippen LogP contribution in [0.4, 0.5) is 10.5 Å². The van der Waals surface area contributed by atoms with Gasteiger partial charge in [0.1, 0.15) is 17.6 Å². The van der Waals surface area contributed by atoms with Gasteiger partial charge in [-0.3, -0.25) is 9.69 Å². The molecule has 6 rings (SSSR count). The number of pyridine rings is 2. The minimum absolute atomic E-state index is 0.0117. The van der Waals surface area contributed by atoms with Gasteiger partial charge in [0.25, 0.3) is 5.91 Å². The summed E-state index contributed by atoms with van der Waals surface area (Å²) < 4.78 is 17.4. The average Bonchev–Trinajstić information content (AvgIpc) is 3.08. The van der Waals surface area contributed by atoms with E-state index in [2.05, 4.69) is 27.1 Å². The van der Waals surface area contributed by atoms with Crippen molar-refractivity contribution in [3.05, 3.63) is 102 Å². The van der Waals surface area contributed by atoms with Crippen molar-refractivity contribution in [2.75, 3.05) is 31.5 Å². The van der Waals surface area contributed by atoms with Gasteiger partial charge in [-0.2, -0.15) is 0 Å². The zero-order valence-electron chi connectivity index (χ0n) is 26.0. The highest BCUT2D eigenvalue weighted by Crippen LogP contribution is 2.25. The number of nitrogens with one attached hydrogen (secondary N) is 1. The van der Waals surface area contributed by atoms with E-state index < -0.39 is 6.09 Å². The minimum Gasteiger partial charge on any atom is -0.490 e. The number of benzene rings is 2. The Morgan fingerprint density at radius 1 is 0.848 bits per heavy atom. The average molecular weight is 622 g/mol. The Bertz CT molecular complexity index is 1570. The largest absolute Gasteiger partial charge is 0.490 e. The first kappa shape index (κ1) is 31.0. The van der Waals surface area contributed by atoms with E-state index in [-0.39, 0.29) is 17.9 Å². The number of carbonyl (C=O) groups excluding carboxylic acids is 2. The van der Waals surface area contributed by atoms with Crippen molar-refractivity contribution in [2.24, 2.45) is 5.92 Å². The fourth-order valence-electron chi connectivity index (χ4n) is 5.79. The molecular formula is C36H39N5O5. The second kappa shape index (κ2) is 14.9. The van der Waals surface area contributed by atoms with Crippen LogP contribution in [0.15, 0.2) is 91.3 Å². The van der Waals surface area contributed by atoms with Crippen molar-refractivity contribution in [2.45, 2.75) is 45.3 Å². The first-order valence-corrected chi connectivity index (χ1v) is 15.9. The first-order chi connectivity index (χ1) is 22.5. The van der Waals surface area contributed by atoms with Gasteiger partial charge in [0, 0.05) is 62.9 Å². The fraction of sp³-hybridized carbons (Fsp3) is 0.333. The normalized spacial score (nSPS) is 17.2. The van der Waals surface area contributed by atoms with E-state index in [1.54, 1.807) is 29.3 Å². The van der Waals surface area contributed by atoms with Gasteiger partial charge in [-0.25, -0.2) is 14.8 Å². The van der Waals surface area contributed by atoms with Crippen LogP contribution in [0.25, 0.3) is 0 Å². The molecule has 4 aromatic rings. The number of amides is 2. The SMILES string of the molecule is CC1CCCN(Cc2ccc(C(=O)Nc3ccc(OC(=O)N4CCC(Oc5ccc(Oc6ccccn6)cc5)CC4)nc3)cc2)C1. The van der Waals surface area contributed by atoms with Gasteiger partial charge in [0.2, 0.25) is 11.8 Å². The van der Waals surface area contributed by atoms with Gasteiger partial charge in [-0.15, -0.1) is 0 Å². The van der Waals surface area contributed by atoms with Crippen molar-refractivity contribution >= 4 is 17.7 Å². The quantitative estimate of drug-likeness (QED) is 0.218. The number of hydrogen-bond donors (Lipinski definition) is 1. The van der Waals surface area contributed by atoms with E-state index in [0.717, 1.165) is 31.3 Å². The zero-order chi connectivity index (χ0) is 31.7. The number of anilines is 1. The first-order valence-electron chi connectivity index (χ1n) is 15.9. The molecule has 10 nitrogen and oxygen atoms in total. The standard InChI is InChI=1S/C36H39N5O5/c1-26-5-4-20-40(24-26)25-27-7-9-28(10-8-27)35(42)39-29-11-16-34(38-23-29)46-36(43)41-21-17-32(18-22-41)44-30-12-14-31(15-13-30)45-33-6-2-3-19-37-33/h2-3,6-16,19,23,26,32H,4-5,17-18,20-22,24-25H2,1H3,(H,39,42). The lowest BCUT2D eigenvalue weighted by molar-refractivity contribution is 0.0922. The second-order valence-electron chi connectivity index (χ2n) is 11.9. The van der Waals surface area contributed by atoms with Crippen LogP contribution in [-0.2, 0) is 6.54 Å². The topological polar surface area (TPSA) is 106 Å². The Kier molecular flexibility index (Phi) is 10.0. The summed E-state index contributed by atoms with van der Waals surface area (Å²) in [6.45, 7) is 6.47. The molecule has 10 heteroatoms. The summed E-state index contributed by atoms with van der Waals surface area (Å²) >= 11 is 0. The summed E-state index contributed by atoms with van der Waals surface area (Å²) in [4.78, 5) is 38.1. The predicted octanol–water partition coefficient (Wildman–Crippen LogP) is 6.80. The molecule has 1 unspecified atom stereocenters. The van der Waals surface area contributed by atoms with Gasteiger partial charge in [0.15, 0.2) is 0 Å². The number of nitrogens with zero attached hydrogens (tertiary/aromatic N) is 4. The highest BCUT2D eigenvalue weighted by molar-refractivity contribution is 6.04. The molecule has 2 fully saturated rings. The van der Waals surface area contributed by atoms with E-state index >= 15 is 0 Å². The summed E-state index contributed by atoms with van der Waals surface area (Å²) in [5.74, 6) is 2.63. The van der Waals surface area contributed by atoms with Crippen LogP contribution in [0, 0.1) is 5.92 Å². The molecule has 4 heterocycles. The highest BCUT2D eigenvalue weighted by Gasteiger charge is 2.25. The Morgan fingerprint density at radius 2 is 1.63 bits per heavy atom. The molecule has 2 aliphatic rings. The molecule has 0 saturated carbocycles. The maximum atomic E-state index is 12.8. The van der Waals surface area contributed by atoms with Crippen molar-refractivity contribution < 1.29 is 23.8 Å². The number of rotatable bonds is 9. The van der Waals surface area contributed by atoms with Crippen LogP contribution in [0.1, 0.15) is 48.5 Å². The smallest absolute Gasteiger partial charge is 0.416 e. The lowest BCUT2D eigenvalue weighted by Gasteiger charge is -2.31. The summed E-state index contributed by atoms with van der Waals surface area (Å²) in [5.41, 5.74) is 2.30. The third-order valence-corrected chi connectivity index (χ3v) is 8.24. The van der Waals surface area contributed by atoms with Crippen LogP contribution in [0.3, 0.4) is 0 Å². The maximum absolute atomic E-state index is 12.8. The van der Waals surface area contributed by atoms with Crippen molar-refractivity contribution in [3.63, 3.8) is 0 Å². The lowest BCUT2D eigenvalue weighted by atomic mass is 9.99. The number of carbonyl (C=O) groups is 2. The van der Waals surface area contributed by atoms with Gasteiger partial charge in [-0.05, 0) is 79.4 Å². The number of piperidine rings is 2. The third-order valence-electron chi connectivity index (χ3n) is 8.24. The Labute approximate surface area is 269 Å². The van der Waals surface area contributed by atoms with E-state index in [0.29, 0.717) is 48.8 Å². The van der Waals surface area contributed by atoms with E-state index in [1.165, 1.54) is 24.6 Å². The van der Waals surface area contributed by atoms with Gasteiger partial charge < -0.3 is 24.4 Å². The summed E-state index contributed by atoms with van der Waals surface area (Å²) in [6.07, 6.45) is 6.59. The minimum atomic E-state index is -0.460. The van der Waals surface area contributed by atoms with E-state index in [9.17, 15) is 9.59 Å². The summed E-state index contributed by atoms with van der Waals surface area (Å²) in [7, 11) is 0. The molecule has 0 bridgehead atoms. The second-order valence-corrected chi connectivity index (χ2v) is 11.9. The van der Waals surface area contributed by atoms with Crippen LogP contribution < -0.4 is 19.5 Å². The van der Waals surface area contributed by atoms with Crippen LogP contribution in [0.2, 0.25) is 0 Å². The number of hydrogen-bond acceptors (Lipinski definition) is 8. The van der Waals surface area contributed by atoms with Gasteiger partial charge in [-0.1, -0.05) is 25.1 Å². The molecule has 0 spiro atoms. The summed E-state index contributed by atoms with van der Waals surface area (Å²) in [5, 5.41) is 2.86. The van der Waals surface area contributed by atoms with Crippen LogP contribution >= 0.6 is 0 Å². The zero-order valence-corrected chi connectivity index (χ0v) is 26.0. The molecule has 2 saturated heterocycles. The van der Waals surface area contributed by atoms with Gasteiger partial charge in [0.05, 0.1) is 11.9 Å². The number of ether oxygens (including phenoxy) is 3. The highest BCUT2D eigenvalue weighted by atomic mass is 16.6.